The van der Waals surface area contributed by atoms with Crippen LogP contribution in [0.15, 0.2) is 255 Å². The Morgan fingerprint density at radius 3 is 1.30 bits per heavy atom. The Balaban J connectivity index is 0.830. The van der Waals surface area contributed by atoms with Gasteiger partial charge in [-0.1, -0.05) is 182 Å². The molecule has 0 N–H and O–H groups in total. The van der Waals surface area contributed by atoms with Crippen LogP contribution in [-0.4, -0.2) is 4.57 Å². The predicted octanol–water partition coefficient (Wildman–Crippen LogP) is 18.4. The van der Waals surface area contributed by atoms with Gasteiger partial charge in [-0.05, 0) is 128 Å². The van der Waals surface area contributed by atoms with E-state index in [-0.39, 0.29) is 0 Å². The highest BCUT2D eigenvalue weighted by molar-refractivity contribution is 7.25. The molecule has 11 aromatic carbocycles. The lowest BCUT2D eigenvalue weighted by Gasteiger charge is -2.26. The van der Waals surface area contributed by atoms with Crippen molar-refractivity contribution in [2.45, 2.75) is 0 Å². The summed E-state index contributed by atoms with van der Waals surface area (Å²) in [7, 11) is 0. The summed E-state index contributed by atoms with van der Waals surface area (Å²) in [6.07, 6.45) is 0. The molecule has 2 heterocycles. The molecule has 0 spiro atoms. The molecule has 2 aromatic heterocycles. The predicted molar refractivity (Wildman–Crippen MR) is 288 cm³/mol. The first-order valence-electron chi connectivity index (χ1n) is 22.9. The van der Waals surface area contributed by atoms with Gasteiger partial charge >= 0.3 is 0 Å². The average molecular weight is 871 g/mol. The molecule has 0 aliphatic carbocycles. The summed E-state index contributed by atoms with van der Waals surface area (Å²) in [4.78, 5) is 2.36. The van der Waals surface area contributed by atoms with Gasteiger partial charge in [0.1, 0.15) is 0 Å². The summed E-state index contributed by atoms with van der Waals surface area (Å²) in [5.41, 5.74) is 16.5. The number of anilines is 3. The summed E-state index contributed by atoms with van der Waals surface area (Å²) < 4.78 is 5.01. The minimum Gasteiger partial charge on any atom is -0.311 e. The van der Waals surface area contributed by atoms with Crippen LogP contribution in [0.1, 0.15) is 0 Å². The number of hydrogen-bond donors (Lipinski definition) is 0. The Morgan fingerprint density at radius 2 is 0.701 bits per heavy atom. The first-order chi connectivity index (χ1) is 33.2. The fourth-order valence-corrected chi connectivity index (χ4v) is 11.2. The highest BCUT2D eigenvalue weighted by Gasteiger charge is 2.16. The molecule has 0 radical (unpaired) electrons. The molecule has 0 fully saturated rings. The van der Waals surface area contributed by atoms with Gasteiger partial charge in [0.15, 0.2) is 0 Å². The fourth-order valence-electron chi connectivity index (χ4n) is 10.1. The van der Waals surface area contributed by atoms with Crippen molar-refractivity contribution in [3.05, 3.63) is 255 Å². The standard InChI is InChI=1S/C64H42N2S/c1-2-12-55-48(10-1)11-9-16-56(55)49-22-20-43(21-23-49)44-24-33-51(34-25-44)65(53-37-30-47(31-38-53)50-32-41-60-59-15-5-8-19-63(59)67-64(60)42-50)52-35-26-45(27-36-52)46-28-39-54(40-29-46)66-61-17-6-3-13-57(61)58-14-4-7-18-62(58)66/h1-42H. The van der Waals surface area contributed by atoms with Crippen LogP contribution in [0.2, 0.25) is 0 Å². The first kappa shape index (κ1) is 38.9. The van der Waals surface area contributed by atoms with Crippen LogP contribution in [0.25, 0.3) is 103 Å². The Labute approximate surface area is 393 Å². The molecular formula is C64H42N2S. The van der Waals surface area contributed by atoms with E-state index in [0.717, 1.165) is 22.7 Å². The van der Waals surface area contributed by atoms with E-state index in [1.54, 1.807) is 0 Å². The monoisotopic (exact) mass is 870 g/mol. The van der Waals surface area contributed by atoms with Crippen molar-refractivity contribution in [2.24, 2.45) is 0 Å². The number of fused-ring (bicyclic) bond motifs is 7. The van der Waals surface area contributed by atoms with Crippen LogP contribution >= 0.6 is 11.3 Å². The lowest BCUT2D eigenvalue weighted by molar-refractivity contribution is 1.18. The average Bonchev–Trinajstić information content (AvgIpc) is 3.95. The lowest BCUT2D eigenvalue weighted by Crippen LogP contribution is -2.09. The lowest BCUT2D eigenvalue weighted by atomic mass is 9.96. The zero-order valence-corrected chi connectivity index (χ0v) is 37.4. The van der Waals surface area contributed by atoms with Crippen LogP contribution < -0.4 is 4.90 Å². The first-order valence-corrected chi connectivity index (χ1v) is 23.7. The Kier molecular flexibility index (Phi) is 9.40. The van der Waals surface area contributed by atoms with Gasteiger partial charge in [-0.15, -0.1) is 11.3 Å². The van der Waals surface area contributed by atoms with Gasteiger partial charge in [0.05, 0.1) is 11.0 Å². The Morgan fingerprint density at radius 1 is 0.284 bits per heavy atom. The number of benzene rings is 11. The van der Waals surface area contributed by atoms with E-state index in [1.165, 1.54) is 97.3 Å². The van der Waals surface area contributed by atoms with Crippen molar-refractivity contribution < 1.29 is 0 Å². The van der Waals surface area contributed by atoms with E-state index in [0.29, 0.717) is 0 Å². The highest BCUT2D eigenvalue weighted by atomic mass is 32.1. The van der Waals surface area contributed by atoms with Crippen LogP contribution in [0.4, 0.5) is 17.1 Å². The number of aromatic nitrogens is 1. The maximum atomic E-state index is 2.37. The van der Waals surface area contributed by atoms with Gasteiger partial charge in [0.25, 0.3) is 0 Å². The van der Waals surface area contributed by atoms with Crippen molar-refractivity contribution in [3.8, 4) is 50.2 Å². The van der Waals surface area contributed by atoms with E-state index < -0.39 is 0 Å². The van der Waals surface area contributed by atoms with Crippen LogP contribution in [0.5, 0.6) is 0 Å². The molecule has 3 heteroatoms. The minimum atomic E-state index is 1.09. The summed E-state index contributed by atoms with van der Waals surface area (Å²) in [5, 5.41) is 7.71. The van der Waals surface area contributed by atoms with E-state index in [2.05, 4.69) is 264 Å². The molecule has 0 amide bonds. The largest absolute Gasteiger partial charge is 0.311 e. The molecule has 314 valence electrons. The van der Waals surface area contributed by atoms with Crippen molar-refractivity contribution in [1.82, 2.24) is 4.57 Å². The SMILES string of the molecule is c1ccc2c(-c3ccc(-c4ccc(N(c5ccc(-c6ccc(-n7c8ccccc8c8ccccc87)cc6)cc5)c5ccc(-c6ccc7c(c6)sc6ccccc67)cc5)cc4)cc3)cccc2c1. The van der Waals surface area contributed by atoms with E-state index in [4.69, 9.17) is 0 Å². The maximum Gasteiger partial charge on any atom is 0.0541 e. The molecule has 0 atom stereocenters. The quantitative estimate of drug-likeness (QED) is 0.148. The number of hydrogen-bond acceptors (Lipinski definition) is 2. The molecule has 0 unspecified atom stereocenters. The molecule has 67 heavy (non-hydrogen) atoms. The summed E-state index contributed by atoms with van der Waals surface area (Å²) in [6, 6.07) is 93.1. The van der Waals surface area contributed by atoms with Crippen molar-refractivity contribution in [2.75, 3.05) is 4.90 Å². The molecule has 13 rings (SSSR count). The number of para-hydroxylation sites is 2. The van der Waals surface area contributed by atoms with Crippen molar-refractivity contribution in [3.63, 3.8) is 0 Å². The molecule has 0 aliphatic rings. The van der Waals surface area contributed by atoms with Gasteiger partial charge in [-0.3, -0.25) is 0 Å². The Hall–Kier alpha value is -8.50. The number of nitrogens with zero attached hydrogens (tertiary/aromatic N) is 2. The zero-order valence-electron chi connectivity index (χ0n) is 36.6. The number of thiophene rings is 1. The molecular weight excluding hydrogens is 829 g/mol. The fraction of sp³-hybridized carbons (Fsp3) is 0. The number of rotatable bonds is 8. The summed E-state index contributed by atoms with van der Waals surface area (Å²) in [6.45, 7) is 0. The smallest absolute Gasteiger partial charge is 0.0541 e. The van der Waals surface area contributed by atoms with Gasteiger partial charge in [-0.25, -0.2) is 0 Å². The second-order valence-corrected chi connectivity index (χ2v) is 18.4. The third-order valence-electron chi connectivity index (χ3n) is 13.4. The van der Waals surface area contributed by atoms with Crippen molar-refractivity contribution >= 4 is 81.1 Å². The van der Waals surface area contributed by atoms with E-state index in [1.807, 2.05) is 11.3 Å². The summed E-state index contributed by atoms with van der Waals surface area (Å²) >= 11 is 1.86. The minimum absolute atomic E-state index is 1.09. The second kappa shape index (κ2) is 16.2. The van der Waals surface area contributed by atoms with Gasteiger partial charge < -0.3 is 9.47 Å². The molecule has 0 saturated carbocycles. The normalized spacial score (nSPS) is 11.6. The Bertz CT molecular complexity index is 3880. The zero-order chi connectivity index (χ0) is 44.3. The topological polar surface area (TPSA) is 8.17 Å². The van der Waals surface area contributed by atoms with Crippen LogP contribution in [0.3, 0.4) is 0 Å². The maximum absolute atomic E-state index is 2.37. The van der Waals surface area contributed by atoms with Crippen molar-refractivity contribution in [1.29, 1.82) is 0 Å². The third kappa shape index (κ3) is 6.88. The highest BCUT2D eigenvalue weighted by Crippen LogP contribution is 2.41. The summed E-state index contributed by atoms with van der Waals surface area (Å²) in [5.74, 6) is 0. The van der Waals surface area contributed by atoms with E-state index >= 15 is 0 Å². The second-order valence-electron chi connectivity index (χ2n) is 17.3. The van der Waals surface area contributed by atoms with Crippen LogP contribution in [-0.2, 0) is 0 Å². The van der Waals surface area contributed by atoms with Gasteiger partial charge in [0, 0.05) is 53.7 Å². The molecule has 0 saturated heterocycles. The van der Waals surface area contributed by atoms with Crippen LogP contribution in [0, 0.1) is 0 Å². The molecule has 13 aromatic rings. The van der Waals surface area contributed by atoms with E-state index in [9.17, 15) is 0 Å². The molecule has 0 aliphatic heterocycles. The molecule has 2 nitrogen and oxygen atoms in total. The van der Waals surface area contributed by atoms with Gasteiger partial charge in [-0.2, -0.15) is 0 Å². The third-order valence-corrected chi connectivity index (χ3v) is 14.6. The molecule has 0 bridgehead atoms. The van der Waals surface area contributed by atoms with Gasteiger partial charge in [0.2, 0.25) is 0 Å².